The number of benzene rings is 1. The van der Waals surface area contributed by atoms with Crippen LogP contribution in [-0.2, 0) is 12.8 Å². The molecule has 1 N–H and O–H groups in total. The van der Waals surface area contributed by atoms with Crippen LogP contribution in [0.1, 0.15) is 29.9 Å². The molecule has 4 rings (SSSR count). The van der Waals surface area contributed by atoms with Crippen molar-refractivity contribution in [3.05, 3.63) is 40.3 Å². The molecule has 0 spiro atoms. The minimum atomic E-state index is 0.622. The molecular formula is C17H18ClN5O. The maximum absolute atomic E-state index is 6.16. The molecule has 2 aromatic heterocycles. The van der Waals surface area contributed by atoms with E-state index in [9.17, 15) is 0 Å². The van der Waals surface area contributed by atoms with E-state index in [1.54, 1.807) is 11.6 Å². The van der Waals surface area contributed by atoms with Crippen molar-refractivity contribution in [3.63, 3.8) is 0 Å². The highest BCUT2D eigenvalue weighted by Gasteiger charge is 2.21. The number of rotatable bonds is 3. The van der Waals surface area contributed by atoms with Crippen LogP contribution in [0.3, 0.4) is 0 Å². The van der Waals surface area contributed by atoms with Gasteiger partial charge in [-0.05, 0) is 50.8 Å². The van der Waals surface area contributed by atoms with Crippen LogP contribution in [0.2, 0.25) is 5.02 Å². The summed E-state index contributed by atoms with van der Waals surface area (Å²) in [4.78, 5) is 9.12. The highest BCUT2D eigenvalue weighted by Crippen LogP contribution is 2.34. The minimum absolute atomic E-state index is 0.622. The van der Waals surface area contributed by atoms with Crippen molar-refractivity contribution < 1.29 is 4.74 Å². The van der Waals surface area contributed by atoms with E-state index in [-0.39, 0.29) is 0 Å². The molecule has 1 aromatic carbocycles. The van der Waals surface area contributed by atoms with Gasteiger partial charge in [0, 0.05) is 10.6 Å². The van der Waals surface area contributed by atoms with Gasteiger partial charge in [0.2, 0.25) is 0 Å². The van der Waals surface area contributed by atoms with Gasteiger partial charge in [-0.3, -0.25) is 0 Å². The lowest BCUT2D eigenvalue weighted by Crippen LogP contribution is -2.14. The maximum Gasteiger partial charge on any atom is 0.254 e. The van der Waals surface area contributed by atoms with Gasteiger partial charge in [-0.15, -0.1) is 5.10 Å². The lowest BCUT2D eigenvalue weighted by atomic mass is 9.96. The molecule has 6 nitrogen and oxygen atoms in total. The zero-order valence-electron chi connectivity index (χ0n) is 13.6. The highest BCUT2D eigenvalue weighted by molar-refractivity contribution is 6.31. The van der Waals surface area contributed by atoms with Crippen LogP contribution in [0, 0.1) is 6.92 Å². The Morgan fingerprint density at radius 1 is 1.21 bits per heavy atom. The van der Waals surface area contributed by atoms with Crippen molar-refractivity contribution in [3.8, 4) is 5.75 Å². The number of hydrogen-bond acceptors (Lipinski definition) is 5. The average molecular weight is 344 g/mol. The van der Waals surface area contributed by atoms with Gasteiger partial charge in [-0.25, -0.2) is 4.98 Å². The van der Waals surface area contributed by atoms with Gasteiger partial charge in [0.15, 0.2) is 0 Å². The standard InChI is InChI=1S/C17H18ClN5O/c1-10-19-17-21-13-6-4-3-5-12(13)16(23(17)22-10)20-14-9-11(18)7-8-15(14)24-2/h7-9,20H,3-6H2,1-2H3. The molecule has 1 aliphatic rings. The van der Waals surface area contributed by atoms with E-state index in [0.717, 1.165) is 48.6 Å². The van der Waals surface area contributed by atoms with Crippen LogP contribution >= 0.6 is 11.6 Å². The fourth-order valence-electron chi connectivity index (χ4n) is 3.18. The number of fused-ring (bicyclic) bond motifs is 2. The fraction of sp³-hybridized carbons (Fsp3) is 0.353. The second kappa shape index (κ2) is 5.94. The zero-order valence-corrected chi connectivity index (χ0v) is 14.4. The Morgan fingerprint density at radius 3 is 2.88 bits per heavy atom. The SMILES string of the molecule is COc1ccc(Cl)cc1Nc1c2c(nc3nc(C)nn13)CCCC2. The van der Waals surface area contributed by atoms with Gasteiger partial charge in [0.05, 0.1) is 18.5 Å². The Kier molecular flexibility index (Phi) is 3.76. The fourth-order valence-corrected chi connectivity index (χ4v) is 3.35. The van der Waals surface area contributed by atoms with Crippen molar-refractivity contribution >= 4 is 28.9 Å². The minimum Gasteiger partial charge on any atom is -0.495 e. The number of halogens is 1. The molecule has 0 radical (unpaired) electrons. The number of nitrogens with one attached hydrogen (secondary N) is 1. The summed E-state index contributed by atoms with van der Waals surface area (Å²) < 4.78 is 7.23. The molecule has 3 aromatic rings. The molecule has 0 amide bonds. The first-order valence-corrected chi connectivity index (χ1v) is 8.39. The summed E-state index contributed by atoms with van der Waals surface area (Å²) in [5.74, 6) is 2.95. The molecule has 0 atom stereocenters. The number of hydrogen-bond donors (Lipinski definition) is 1. The Bertz CT molecular complexity index is 921. The van der Waals surface area contributed by atoms with Crippen molar-refractivity contribution in [2.24, 2.45) is 0 Å². The van der Waals surface area contributed by atoms with Crippen LogP contribution in [0.25, 0.3) is 5.78 Å². The monoisotopic (exact) mass is 343 g/mol. The lowest BCUT2D eigenvalue weighted by molar-refractivity contribution is 0.417. The molecule has 0 aliphatic heterocycles. The first-order chi connectivity index (χ1) is 11.7. The molecule has 0 unspecified atom stereocenters. The summed E-state index contributed by atoms with van der Waals surface area (Å²) in [7, 11) is 1.64. The van der Waals surface area contributed by atoms with Gasteiger partial charge >= 0.3 is 0 Å². The lowest BCUT2D eigenvalue weighted by Gasteiger charge is -2.20. The summed E-state index contributed by atoms with van der Waals surface area (Å²) in [6.07, 6.45) is 4.25. The molecule has 0 fully saturated rings. The topological polar surface area (TPSA) is 64.3 Å². The van der Waals surface area contributed by atoms with E-state index < -0.39 is 0 Å². The van der Waals surface area contributed by atoms with E-state index in [1.165, 1.54) is 5.56 Å². The van der Waals surface area contributed by atoms with E-state index in [1.807, 2.05) is 25.1 Å². The van der Waals surface area contributed by atoms with Crippen molar-refractivity contribution in [1.82, 2.24) is 19.6 Å². The summed E-state index contributed by atoms with van der Waals surface area (Å²) >= 11 is 6.16. The number of anilines is 2. The second-order valence-corrected chi connectivity index (χ2v) is 6.37. The van der Waals surface area contributed by atoms with Crippen LogP contribution in [0.5, 0.6) is 5.75 Å². The molecule has 1 aliphatic carbocycles. The number of ether oxygens (including phenoxy) is 1. The summed E-state index contributed by atoms with van der Waals surface area (Å²) in [5, 5.41) is 8.61. The summed E-state index contributed by atoms with van der Waals surface area (Å²) in [5.41, 5.74) is 3.10. The largest absolute Gasteiger partial charge is 0.495 e. The Morgan fingerprint density at radius 2 is 2.04 bits per heavy atom. The molecule has 2 heterocycles. The third kappa shape index (κ3) is 2.57. The van der Waals surface area contributed by atoms with Crippen molar-refractivity contribution in [2.45, 2.75) is 32.6 Å². The predicted octanol–water partition coefficient (Wildman–Crippen LogP) is 3.72. The number of methoxy groups -OCH3 is 1. The summed E-state index contributed by atoms with van der Waals surface area (Å²) in [6, 6.07) is 5.51. The van der Waals surface area contributed by atoms with E-state index >= 15 is 0 Å². The van der Waals surface area contributed by atoms with Crippen molar-refractivity contribution in [2.75, 3.05) is 12.4 Å². The van der Waals surface area contributed by atoms with E-state index in [0.29, 0.717) is 16.6 Å². The van der Waals surface area contributed by atoms with Gasteiger partial charge in [0.25, 0.3) is 5.78 Å². The van der Waals surface area contributed by atoms with Crippen LogP contribution in [0.15, 0.2) is 18.2 Å². The second-order valence-electron chi connectivity index (χ2n) is 5.93. The molecule has 124 valence electrons. The normalized spacial score (nSPS) is 13.8. The number of nitrogens with zero attached hydrogens (tertiary/aromatic N) is 4. The van der Waals surface area contributed by atoms with Crippen molar-refractivity contribution in [1.29, 1.82) is 0 Å². The number of aromatic nitrogens is 4. The maximum atomic E-state index is 6.16. The Balaban J connectivity index is 1.91. The highest BCUT2D eigenvalue weighted by atomic mass is 35.5. The Hall–Kier alpha value is -2.34. The van der Waals surface area contributed by atoms with Crippen LogP contribution in [-0.4, -0.2) is 26.7 Å². The third-order valence-corrected chi connectivity index (χ3v) is 4.52. The predicted molar refractivity (Wildman–Crippen MR) is 93.4 cm³/mol. The van der Waals surface area contributed by atoms with Gasteiger partial charge in [0.1, 0.15) is 17.4 Å². The smallest absolute Gasteiger partial charge is 0.254 e. The molecule has 0 saturated heterocycles. The molecule has 24 heavy (non-hydrogen) atoms. The molecule has 0 saturated carbocycles. The third-order valence-electron chi connectivity index (χ3n) is 4.28. The Labute approximate surface area is 144 Å². The molecule has 0 bridgehead atoms. The molecular weight excluding hydrogens is 326 g/mol. The summed E-state index contributed by atoms with van der Waals surface area (Å²) in [6.45, 7) is 1.87. The quantitative estimate of drug-likeness (QED) is 0.785. The average Bonchev–Trinajstić information content (AvgIpc) is 2.95. The number of aryl methyl sites for hydroxylation is 2. The zero-order chi connectivity index (χ0) is 16.7. The molecule has 7 heteroatoms. The van der Waals surface area contributed by atoms with E-state index in [4.69, 9.17) is 21.3 Å². The first kappa shape index (κ1) is 15.2. The van der Waals surface area contributed by atoms with Gasteiger partial charge < -0.3 is 10.1 Å². The first-order valence-electron chi connectivity index (χ1n) is 8.01. The van der Waals surface area contributed by atoms with Crippen LogP contribution in [0.4, 0.5) is 11.5 Å². The van der Waals surface area contributed by atoms with E-state index in [2.05, 4.69) is 15.4 Å². The van der Waals surface area contributed by atoms with Crippen LogP contribution < -0.4 is 10.1 Å². The van der Waals surface area contributed by atoms with Gasteiger partial charge in [-0.1, -0.05) is 11.6 Å². The van der Waals surface area contributed by atoms with Gasteiger partial charge in [-0.2, -0.15) is 9.50 Å².